The standard InChI is InChI=1S/C17H10B3FN4O/c1-9-6-23-16-12(7-24-25(16)8-9)10-2-3-22-14-5-13(21)15(4-11(10)14)26-17(18,19)20/h2-8H,1H3. The van der Waals surface area contributed by atoms with Gasteiger partial charge in [-0.25, -0.2) is 13.9 Å². The number of aryl methyl sites for hydroxylation is 1. The maximum absolute atomic E-state index is 14.3. The van der Waals surface area contributed by atoms with E-state index >= 15 is 0 Å². The van der Waals surface area contributed by atoms with E-state index in [1.807, 2.05) is 13.1 Å². The van der Waals surface area contributed by atoms with E-state index in [-0.39, 0.29) is 5.75 Å². The van der Waals surface area contributed by atoms with Crippen LogP contribution >= 0.6 is 0 Å². The fraction of sp³-hybridized carbons (Fsp3) is 0.118. The number of hydrogen-bond donors (Lipinski definition) is 0. The second kappa shape index (κ2) is 5.86. The predicted octanol–water partition coefficient (Wildman–Crippen LogP) is 1.89. The molecule has 0 aliphatic carbocycles. The third-order valence-electron chi connectivity index (χ3n) is 3.86. The van der Waals surface area contributed by atoms with Gasteiger partial charge in [0.1, 0.15) is 23.5 Å². The molecule has 0 aliphatic rings. The van der Waals surface area contributed by atoms with Crippen LogP contribution in [-0.2, 0) is 0 Å². The second-order valence-corrected chi connectivity index (χ2v) is 6.07. The van der Waals surface area contributed by atoms with Crippen molar-refractivity contribution in [1.29, 1.82) is 0 Å². The third kappa shape index (κ3) is 2.94. The first-order valence-corrected chi connectivity index (χ1v) is 7.76. The lowest BCUT2D eigenvalue weighted by Gasteiger charge is -2.23. The van der Waals surface area contributed by atoms with Crippen molar-refractivity contribution < 1.29 is 9.13 Å². The van der Waals surface area contributed by atoms with Crippen molar-refractivity contribution in [2.24, 2.45) is 0 Å². The molecule has 0 atom stereocenters. The van der Waals surface area contributed by atoms with E-state index in [9.17, 15) is 4.39 Å². The summed E-state index contributed by atoms with van der Waals surface area (Å²) in [6, 6.07) is 4.50. The molecule has 4 aromatic rings. The topological polar surface area (TPSA) is 52.3 Å². The van der Waals surface area contributed by atoms with Crippen LogP contribution in [0.25, 0.3) is 27.7 Å². The molecular formula is C17H10B3FN4O. The van der Waals surface area contributed by atoms with Crippen molar-refractivity contribution in [3.63, 3.8) is 0 Å². The lowest BCUT2D eigenvalue weighted by Crippen LogP contribution is -2.37. The molecule has 0 bridgehead atoms. The number of halogens is 1. The van der Waals surface area contributed by atoms with E-state index in [4.69, 9.17) is 28.3 Å². The van der Waals surface area contributed by atoms with Crippen molar-refractivity contribution in [1.82, 2.24) is 19.6 Å². The molecule has 9 heteroatoms. The number of rotatable bonds is 3. The second-order valence-electron chi connectivity index (χ2n) is 6.07. The number of fused-ring (bicyclic) bond motifs is 2. The Kier molecular flexibility index (Phi) is 3.75. The molecule has 0 spiro atoms. The molecule has 6 radical (unpaired) electrons. The average Bonchev–Trinajstić information content (AvgIpc) is 2.96. The molecule has 0 amide bonds. The summed E-state index contributed by atoms with van der Waals surface area (Å²) in [6.45, 7) is 1.93. The molecule has 0 unspecified atom stereocenters. The Morgan fingerprint density at radius 2 is 1.92 bits per heavy atom. The van der Waals surface area contributed by atoms with Crippen LogP contribution in [0.2, 0.25) is 0 Å². The van der Waals surface area contributed by atoms with Crippen LogP contribution in [-0.4, -0.2) is 48.4 Å². The van der Waals surface area contributed by atoms with Crippen molar-refractivity contribution in [3.05, 3.63) is 54.4 Å². The Balaban J connectivity index is 1.95. The van der Waals surface area contributed by atoms with E-state index < -0.39 is 11.1 Å². The quantitative estimate of drug-likeness (QED) is 0.536. The molecule has 0 saturated heterocycles. The van der Waals surface area contributed by atoms with Crippen LogP contribution in [0.5, 0.6) is 5.75 Å². The first kappa shape index (κ1) is 16.6. The van der Waals surface area contributed by atoms with E-state index in [0.717, 1.165) is 16.7 Å². The fourth-order valence-corrected chi connectivity index (χ4v) is 2.81. The Morgan fingerprint density at radius 1 is 1.12 bits per heavy atom. The smallest absolute Gasteiger partial charge is 0.167 e. The summed E-state index contributed by atoms with van der Waals surface area (Å²) in [4.78, 5) is 8.65. The maximum atomic E-state index is 14.3. The van der Waals surface area contributed by atoms with Gasteiger partial charge >= 0.3 is 0 Å². The molecule has 0 fully saturated rings. The molecule has 0 saturated carbocycles. The van der Waals surface area contributed by atoms with Gasteiger partial charge in [-0.05, 0) is 35.5 Å². The molecule has 3 heterocycles. The minimum atomic E-state index is -2.00. The molecule has 1 aromatic carbocycles. The molecule has 120 valence electrons. The Hall–Kier alpha value is -2.83. The first-order chi connectivity index (χ1) is 12.3. The van der Waals surface area contributed by atoms with Gasteiger partial charge in [-0.15, -0.1) is 0 Å². The van der Waals surface area contributed by atoms with E-state index in [0.29, 0.717) is 16.6 Å². The number of ether oxygens (including phenoxy) is 1. The number of pyridine rings is 1. The maximum Gasteiger partial charge on any atom is 0.167 e. The average molecular weight is 338 g/mol. The predicted molar refractivity (Wildman–Crippen MR) is 99.0 cm³/mol. The van der Waals surface area contributed by atoms with Crippen molar-refractivity contribution in [3.8, 4) is 16.9 Å². The highest BCUT2D eigenvalue weighted by Crippen LogP contribution is 2.33. The minimum Gasteiger partial charge on any atom is -0.513 e. The van der Waals surface area contributed by atoms with Gasteiger partial charge in [0.25, 0.3) is 0 Å². The molecule has 0 N–H and O–H groups in total. The molecule has 0 aliphatic heterocycles. The SMILES string of the molecule is [B]C([B])([B])Oc1cc2c(-c3cnn4cc(C)cnc34)ccnc2cc1F. The Bertz CT molecular complexity index is 1140. The summed E-state index contributed by atoms with van der Waals surface area (Å²) in [5.74, 6) is -0.832. The summed E-state index contributed by atoms with van der Waals surface area (Å²) < 4.78 is 21.1. The lowest BCUT2D eigenvalue weighted by molar-refractivity contribution is 0.302. The van der Waals surface area contributed by atoms with E-state index in [2.05, 4.69) is 15.1 Å². The summed E-state index contributed by atoms with van der Waals surface area (Å²) in [5.41, 5.74) is 3.63. The van der Waals surface area contributed by atoms with Gasteiger partial charge in [-0.3, -0.25) is 4.98 Å². The van der Waals surface area contributed by atoms with Gasteiger partial charge in [0.2, 0.25) is 0 Å². The van der Waals surface area contributed by atoms with Crippen molar-refractivity contribution in [2.45, 2.75) is 12.2 Å². The normalized spacial score (nSPS) is 11.9. The van der Waals surface area contributed by atoms with E-state index in [1.165, 1.54) is 12.1 Å². The fourth-order valence-electron chi connectivity index (χ4n) is 2.81. The number of nitrogens with zero attached hydrogens (tertiary/aromatic N) is 4. The highest BCUT2D eigenvalue weighted by molar-refractivity contribution is 6.58. The van der Waals surface area contributed by atoms with Gasteiger partial charge in [0.05, 0.1) is 11.7 Å². The summed E-state index contributed by atoms with van der Waals surface area (Å²) >= 11 is 0. The zero-order valence-corrected chi connectivity index (χ0v) is 13.8. The number of aromatic nitrogens is 4. The van der Waals surface area contributed by atoms with Crippen molar-refractivity contribution >= 4 is 40.1 Å². The molecule has 3 aromatic heterocycles. The minimum absolute atomic E-state index is 0.167. The van der Waals surface area contributed by atoms with Crippen LogP contribution in [0.1, 0.15) is 5.56 Å². The van der Waals surface area contributed by atoms with Crippen LogP contribution in [0.4, 0.5) is 4.39 Å². The largest absolute Gasteiger partial charge is 0.513 e. The van der Waals surface area contributed by atoms with Gasteiger partial charge in [0, 0.05) is 35.6 Å². The summed E-state index contributed by atoms with van der Waals surface area (Å²) in [6.07, 6.45) is 6.91. The Morgan fingerprint density at radius 3 is 2.69 bits per heavy atom. The summed E-state index contributed by atoms with van der Waals surface area (Å²) in [5, 5.41) is 2.96. The van der Waals surface area contributed by atoms with Gasteiger partial charge < -0.3 is 4.74 Å². The molecule has 4 rings (SSSR count). The van der Waals surface area contributed by atoms with Crippen LogP contribution < -0.4 is 4.74 Å². The van der Waals surface area contributed by atoms with Gasteiger partial charge in [0.15, 0.2) is 17.2 Å². The number of hydrogen-bond acceptors (Lipinski definition) is 4. The van der Waals surface area contributed by atoms with Crippen LogP contribution in [0.15, 0.2) is 43.0 Å². The van der Waals surface area contributed by atoms with Crippen LogP contribution in [0, 0.1) is 12.7 Å². The summed E-state index contributed by atoms with van der Waals surface area (Å²) in [7, 11) is 16.3. The molecular weight excluding hydrogens is 328 g/mol. The zero-order chi connectivity index (χ0) is 18.5. The third-order valence-corrected chi connectivity index (χ3v) is 3.86. The highest BCUT2D eigenvalue weighted by atomic mass is 19.1. The van der Waals surface area contributed by atoms with Gasteiger partial charge in [-0.2, -0.15) is 5.10 Å². The zero-order valence-electron chi connectivity index (χ0n) is 13.8. The molecule has 26 heavy (non-hydrogen) atoms. The van der Waals surface area contributed by atoms with Gasteiger partial charge in [-0.1, -0.05) is 0 Å². The van der Waals surface area contributed by atoms with Crippen molar-refractivity contribution in [2.75, 3.05) is 0 Å². The highest BCUT2D eigenvalue weighted by Gasteiger charge is 2.18. The molecule has 5 nitrogen and oxygen atoms in total. The first-order valence-electron chi connectivity index (χ1n) is 7.76. The van der Waals surface area contributed by atoms with Crippen LogP contribution in [0.3, 0.4) is 0 Å². The van der Waals surface area contributed by atoms with E-state index in [1.54, 1.807) is 29.2 Å². The number of benzene rings is 1. The Labute approximate surface area is 152 Å². The lowest BCUT2D eigenvalue weighted by atomic mass is 9.52. The monoisotopic (exact) mass is 338 g/mol.